The van der Waals surface area contributed by atoms with Gasteiger partial charge in [0.25, 0.3) is 0 Å². The Morgan fingerprint density at radius 1 is 0.962 bits per heavy atom. The lowest BCUT2D eigenvalue weighted by molar-refractivity contribution is 0.176. The van der Waals surface area contributed by atoms with Crippen LogP contribution in [0.5, 0.6) is 11.5 Å². The monoisotopic (exact) mass is 360 g/mol. The fourth-order valence-electron chi connectivity index (χ4n) is 3.62. The van der Waals surface area contributed by atoms with E-state index >= 15 is 0 Å². The number of benzene rings is 2. The van der Waals surface area contributed by atoms with Gasteiger partial charge in [-0.25, -0.2) is 8.78 Å². The number of hydrogen-bond acceptors (Lipinski definition) is 3. The minimum Gasteiger partial charge on any atom is -0.457 e. The highest BCUT2D eigenvalue weighted by atomic mass is 19.1. The number of nitrogens with zero attached hydrogens (tertiary/aromatic N) is 1. The summed E-state index contributed by atoms with van der Waals surface area (Å²) >= 11 is 0. The summed E-state index contributed by atoms with van der Waals surface area (Å²) in [5, 5.41) is 3.67. The average Bonchev–Trinajstić information content (AvgIpc) is 2.60. The molecule has 0 saturated heterocycles. The van der Waals surface area contributed by atoms with Crippen molar-refractivity contribution in [1.29, 1.82) is 0 Å². The first-order valence-electron chi connectivity index (χ1n) is 9.14. The smallest absolute Gasteiger partial charge is 0.133 e. The molecule has 2 aromatic carbocycles. The van der Waals surface area contributed by atoms with E-state index < -0.39 is 11.6 Å². The molecule has 0 heterocycles. The highest BCUT2D eigenvalue weighted by Crippen LogP contribution is 2.25. The molecule has 5 heteroatoms. The van der Waals surface area contributed by atoms with Gasteiger partial charge in [-0.15, -0.1) is 0 Å². The Bertz CT molecular complexity index is 698. The van der Waals surface area contributed by atoms with Crippen molar-refractivity contribution < 1.29 is 13.5 Å². The predicted octanol–water partition coefficient (Wildman–Crippen LogP) is 4.72. The van der Waals surface area contributed by atoms with Crippen molar-refractivity contribution in [2.75, 3.05) is 14.1 Å². The molecule has 0 spiro atoms. The molecule has 0 aliphatic heterocycles. The first-order chi connectivity index (χ1) is 12.5. The van der Waals surface area contributed by atoms with Crippen LogP contribution in [0.15, 0.2) is 42.5 Å². The van der Waals surface area contributed by atoms with Gasteiger partial charge in [0, 0.05) is 36.8 Å². The lowest BCUT2D eigenvalue weighted by Gasteiger charge is -2.36. The Hall–Kier alpha value is -1.98. The quantitative estimate of drug-likeness (QED) is 0.807. The van der Waals surface area contributed by atoms with Crippen LogP contribution in [0.2, 0.25) is 0 Å². The third-order valence-electron chi connectivity index (χ3n) is 4.96. The Labute approximate surface area is 154 Å². The number of ether oxygens (including phenoxy) is 1. The molecule has 2 atom stereocenters. The molecule has 3 nitrogen and oxygen atoms in total. The van der Waals surface area contributed by atoms with Crippen LogP contribution in [0.25, 0.3) is 0 Å². The zero-order valence-electron chi connectivity index (χ0n) is 15.3. The molecule has 140 valence electrons. The van der Waals surface area contributed by atoms with E-state index in [1.807, 2.05) is 24.3 Å². The van der Waals surface area contributed by atoms with Crippen LogP contribution in [0.4, 0.5) is 8.78 Å². The van der Waals surface area contributed by atoms with Crippen LogP contribution in [-0.2, 0) is 6.54 Å². The van der Waals surface area contributed by atoms with E-state index in [2.05, 4.69) is 24.3 Å². The van der Waals surface area contributed by atoms with Crippen LogP contribution in [0.3, 0.4) is 0 Å². The van der Waals surface area contributed by atoms with Gasteiger partial charge in [-0.1, -0.05) is 25.0 Å². The van der Waals surface area contributed by atoms with E-state index in [-0.39, 0.29) is 5.75 Å². The molecule has 0 aromatic heterocycles. The van der Waals surface area contributed by atoms with Gasteiger partial charge in [-0.3, -0.25) is 0 Å². The predicted molar refractivity (Wildman–Crippen MR) is 99.4 cm³/mol. The topological polar surface area (TPSA) is 24.5 Å². The second-order valence-corrected chi connectivity index (χ2v) is 7.15. The lowest BCUT2D eigenvalue weighted by atomic mass is 9.89. The van der Waals surface area contributed by atoms with Crippen LogP contribution in [-0.4, -0.2) is 31.1 Å². The zero-order valence-corrected chi connectivity index (χ0v) is 15.3. The van der Waals surface area contributed by atoms with Gasteiger partial charge in [-0.2, -0.15) is 0 Å². The SMILES string of the molecule is CN(C)C1CCCCC1NCc1ccc(Oc2cc(F)cc(F)c2)cc1. The first kappa shape index (κ1) is 18.8. The minimum atomic E-state index is -0.649. The molecule has 0 amide bonds. The Kier molecular flexibility index (Phi) is 6.22. The molecule has 2 aromatic rings. The van der Waals surface area contributed by atoms with Gasteiger partial charge >= 0.3 is 0 Å². The third kappa shape index (κ3) is 5.02. The maximum Gasteiger partial charge on any atom is 0.133 e. The van der Waals surface area contributed by atoms with Crippen molar-refractivity contribution in [1.82, 2.24) is 10.2 Å². The molecule has 3 rings (SSSR count). The van der Waals surface area contributed by atoms with E-state index in [9.17, 15) is 8.78 Å². The molecule has 1 N–H and O–H groups in total. The number of hydrogen-bond donors (Lipinski definition) is 1. The molecule has 1 fully saturated rings. The van der Waals surface area contributed by atoms with Crippen molar-refractivity contribution in [3.05, 3.63) is 59.7 Å². The molecule has 26 heavy (non-hydrogen) atoms. The van der Waals surface area contributed by atoms with E-state index in [0.717, 1.165) is 18.2 Å². The maximum atomic E-state index is 13.2. The van der Waals surface area contributed by atoms with Crippen LogP contribution < -0.4 is 10.1 Å². The van der Waals surface area contributed by atoms with Gasteiger partial charge < -0.3 is 15.0 Å². The largest absolute Gasteiger partial charge is 0.457 e. The van der Waals surface area contributed by atoms with E-state index in [1.165, 1.54) is 37.8 Å². The number of likely N-dealkylation sites (N-methyl/N-ethyl adjacent to an activating group) is 1. The first-order valence-corrected chi connectivity index (χ1v) is 9.14. The standard InChI is InChI=1S/C21H26F2N2O/c1-25(2)21-6-4-3-5-20(21)24-14-15-7-9-18(10-8-15)26-19-12-16(22)11-17(23)13-19/h7-13,20-21,24H,3-6,14H2,1-2H3. The number of rotatable bonds is 6. The molecule has 2 unspecified atom stereocenters. The summed E-state index contributed by atoms with van der Waals surface area (Å²) in [6.45, 7) is 0.796. The van der Waals surface area contributed by atoms with Gasteiger partial charge in [0.05, 0.1) is 0 Å². The molecular formula is C21H26F2N2O. The molecule has 1 aliphatic carbocycles. The van der Waals surface area contributed by atoms with Crippen LogP contribution in [0.1, 0.15) is 31.2 Å². The highest BCUT2D eigenvalue weighted by Gasteiger charge is 2.25. The molecule has 1 saturated carbocycles. The van der Waals surface area contributed by atoms with Gasteiger partial charge in [-0.05, 0) is 44.6 Å². The van der Waals surface area contributed by atoms with Crippen molar-refractivity contribution >= 4 is 0 Å². The fourth-order valence-corrected chi connectivity index (χ4v) is 3.62. The maximum absolute atomic E-state index is 13.2. The molecule has 1 aliphatic rings. The molecular weight excluding hydrogens is 334 g/mol. The average molecular weight is 360 g/mol. The van der Waals surface area contributed by atoms with Crippen molar-refractivity contribution in [3.8, 4) is 11.5 Å². The summed E-state index contributed by atoms with van der Waals surface area (Å²) in [5.41, 5.74) is 1.16. The number of halogens is 2. The summed E-state index contributed by atoms with van der Waals surface area (Å²) < 4.78 is 32.0. The molecule has 0 radical (unpaired) electrons. The molecule has 0 bridgehead atoms. The van der Waals surface area contributed by atoms with Gasteiger partial charge in [0.15, 0.2) is 0 Å². The van der Waals surface area contributed by atoms with Crippen LogP contribution in [0, 0.1) is 11.6 Å². The van der Waals surface area contributed by atoms with Crippen molar-refractivity contribution in [2.45, 2.75) is 44.3 Å². The fraction of sp³-hybridized carbons (Fsp3) is 0.429. The third-order valence-corrected chi connectivity index (χ3v) is 4.96. The van der Waals surface area contributed by atoms with E-state index in [1.54, 1.807) is 0 Å². The summed E-state index contributed by atoms with van der Waals surface area (Å²) in [4.78, 5) is 2.31. The Balaban J connectivity index is 1.57. The van der Waals surface area contributed by atoms with E-state index in [0.29, 0.717) is 17.8 Å². The number of nitrogens with one attached hydrogen (secondary N) is 1. The summed E-state index contributed by atoms with van der Waals surface area (Å²) in [6.07, 6.45) is 5.02. The zero-order chi connectivity index (χ0) is 18.5. The normalized spacial score (nSPS) is 20.3. The van der Waals surface area contributed by atoms with Crippen molar-refractivity contribution in [2.24, 2.45) is 0 Å². The van der Waals surface area contributed by atoms with Gasteiger partial charge in [0.1, 0.15) is 23.1 Å². The minimum absolute atomic E-state index is 0.157. The second-order valence-electron chi connectivity index (χ2n) is 7.15. The van der Waals surface area contributed by atoms with Gasteiger partial charge in [0.2, 0.25) is 0 Å². The second kappa shape index (κ2) is 8.60. The van der Waals surface area contributed by atoms with Crippen LogP contribution >= 0.6 is 0 Å². The highest BCUT2D eigenvalue weighted by molar-refractivity contribution is 5.33. The summed E-state index contributed by atoms with van der Waals surface area (Å²) in [6, 6.07) is 11.9. The summed E-state index contributed by atoms with van der Waals surface area (Å²) in [7, 11) is 4.29. The summed E-state index contributed by atoms with van der Waals surface area (Å²) in [5.74, 6) is -0.584. The lowest BCUT2D eigenvalue weighted by Crippen LogP contribution is -2.48. The van der Waals surface area contributed by atoms with E-state index in [4.69, 9.17) is 4.74 Å². The Morgan fingerprint density at radius 2 is 1.62 bits per heavy atom. The van der Waals surface area contributed by atoms with Crippen molar-refractivity contribution in [3.63, 3.8) is 0 Å². The Morgan fingerprint density at radius 3 is 2.27 bits per heavy atom.